The van der Waals surface area contributed by atoms with Gasteiger partial charge in [0.05, 0.1) is 16.2 Å². The van der Waals surface area contributed by atoms with Crippen molar-refractivity contribution in [3.63, 3.8) is 0 Å². The summed E-state index contributed by atoms with van der Waals surface area (Å²) < 4.78 is 14.7. The van der Waals surface area contributed by atoms with Crippen LogP contribution in [0.5, 0.6) is 0 Å². The fourth-order valence-corrected chi connectivity index (χ4v) is 2.59. The van der Waals surface area contributed by atoms with E-state index in [1.807, 2.05) is 33.2 Å². The first-order valence-corrected chi connectivity index (χ1v) is 6.88. The summed E-state index contributed by atoms with van der Waals surface area (Å²) in [6, 6.07) is 7.11. The lowest BCUT2D eigenvalue weighted by Crippen LogP contribution is -2.21. The summed E-state index contributed by atoms with van der Waals surface area (Å²) in [6.07, 6.45) is 1.81. The van der Waals surface area contributed by atoms with E-state index in [0.717, 1.165) is 16.8 Å². The normalized spacial score (nSPS) is 12.5. The number of nitrogens with zero attached hydrogens (tertiary/aromatic N) is 1. The van der Waals surface area contributed by atoms with Gasteiger partial charge in [-0.05, 0) is 54.0 Å². The van der Waals surface area contributed by atoms with Crippen LogP contribution in [0, 0.1) is 19.7 Å². The molecule has 1 unspecified atom stereocenters. The number of aryl methyl sites for hydroxylation is 2. The highest BCUT2D eigenvalue weighted by atomic mass is 79.9. The first-order chi connectivity index (χ1) is 9.04. The summed E-state index contributed by atoms with van der Waals surface area (Å²) in [5, 5.41) is 3.14. The number of halogens is 2. The van der Waals surface area contributed by atoms with Crippen LogP contribution in [-0.2, 0) is 0 Å². The summed E-state index contributed by atoms with van der Waals surface area (Å²) in [4.78, 5) is 4.45. The molecular formula is C15H16BrFN2. The lowest BCUT2D eigenvalue weighted by molar-refractivity contribution is 0.564. The molecule has 0 aliphatic rings. The molecule has 1 aromatic carbocycles. The fraction of sp³-hybridized carbons (Fsp3) is 0.267. The molecule has 2 rings (SSSR count). The smallest absolute Gasteiger partial charge is 0.142 e. The molecule has 2 nitrogen and oxygen atoms in total. The van der Waals surface area contributed by atoms with Gasteiger partial charge in [0.15, 0.2) is 0 Å². The van der Waals surface area contributed by atoms with Crippen LogP contribution in [0.15, 0.2) is 34.9 Å². The number of benzene rings is 1. The van der Waals surface area contributed by atoms with E-state index >= 15 is 0 Å². The van der Waals surface area contributed by atoms with Crippen LogP contribution >= 0.6 is 15.9 Å². The van der Waals surface area contributed by atoms with E-state index in [2.05, 4.69) is 32.3 Å². The topological polar surface area (TPSA) is 24.9 Å². The molecule has 0 aliphatic carbocycles. The second-order valence-corrected chi connectivity index (χ2v) is 5.43. The van der Waals surface area contributed by atoms with Crippen molar-refractivity contribution in [1.29, 1.82) is 0 Å². The second-order valence-electron chi connectivity index (χ2n) is 4.58. The lowest BCUT2D eigenvalue weighted by atomic mass is 9.99. The van der Waals surface area contributed by atoms with Crippen molar-refractivity contribution >= 4 is 15.9 Å². The van der Waals surface area contributed by atoms with Gasteiger partial charge in [0.2, 0.25) is 0 Å². The third-order valence-electron chi connectivity index (χ3n) is 3.11. The first-order valence-electron chi connectivity index (χ1n) is 6.09. The number of rotatable bonds is 3. The highest BCUT2D eigenvalue weighted by molar-refractivity contribution is 9.10. The monoisotopic (exact) mass is 322 g/mol. The average molecular weight is 323 g/mol. The quantitative estimate of drug-likeness (QED) is 0.926. The Bertz CT molecular complexity index is 599. The number of hydrogen-bond donors (Lipinski definition) is 1. The van der Waals surface area contributed by atoms with E-state index in [-0.39, 0.29) is 11.9 Å². The molecule has 0 fully saturated rings. The van der Waals surface area contributed by atoms with Gasteiger partial charge < -0.3 is 5.32 Å². The van der Waals surface area contributed by atoms with E-state index < -0.39 is 0 Å². The maximum Gasteiger partial charge on any atom is 0.142 e. The van der Waals surface area contributed by atoms with Crippen molar-refractivity contribution < 1.29 is 4.39 Å². The van der Waals surface area contributed by atoms with Crippen molar-refractivity contribution in [2.75, 3.05) is 7.05 Å². The van der Waals surface area contributed by atoms with Gasteiger partial charge in [0.1, 0.15) is 5.82 Å². The molecule has 0 saturated carbocycles. The Morgan fingerprint density at radius 2 is 2.05 bits per heavy atom. The van der Waals surface area contributed by atoms with E-state index in [4.69, 9.17) is 0 Å². The number of hydrogen-bond acceptors (Lipinski definition) is 2. The van der Waals surface area contributed by atoms with Gasteiger partial charge >= 0.3 is 0 Å². The molecule has 1 atom stereocenters. The fourth-order valence-electron chi connectivity index (χ4n) is 2.21. The molecule has 1 heterocycles. The Labute approximate surface area is 121 Å². The van der Waals surface area contributed by atoms with Gasteiger partial charge in [-0.1, -0.05) is 18.2 Å². The van der Waals surface area contributed by atoms with Crippen molar-refractivity contribution in [2.24, 2.45) is 0 Å². The number of pyridine rings is 1. The molecule has 100 valence electrons. The highest BCUT2D eigenvalue weighted by Gasteiger charge is 2.20. The third kappa shape index (κ3) is 2.85. The van der Waals surface area contributed by atoms with Crippen LogP contribution in [0.3, 0.4) is 0 Å². The standard InChI is InChI=1S/C15H16BrFN2/c1-9-7-10(2)14(19-8-9)15(18-3)11-5-4-6-12(16)13(11)17/h4-8,15,18H,1-3H3. The van der Waals surface area contributed by atoms with Gasteiger partial charge in [-0.25, -0.2) is 4.39 Å². The van der Waals surface area contributed by atoms with Crippen molar-refractivity contribution in [3.8, 4) is 0 Å². The van der Waals surface area contributed by atoms with Crippen LogP contribution in [0.1, 0.15) is 28.4 Å². The average Bonchev–Trinajstić information content (AvgIpc) is 2.37. The third-order valence-corrected chi connectivity index (χ3v) is 3.72. The molecule has 0 saturated heterocycles. The maximum atomic E-state index is 14.2. The number of nitrogens with one attached hydrogen (secondary N) is 1. The van der Waals surface area contributed by atoms with E-state index in [1.165, 1.54) is 0 Å². The molecule has 1 aromatic heterocycles. The van der Waals surface area contributed by atoms with Crippen molar-refractivity contribution in [1.82, 2.24) is 10.3 Å². The van der Waals surface area contributed by atoms with Crippen LogP contribution < -0.4 is 5.32 Å². The van der Waals surface area contributed by atoms with Gasteiger partial charge in [0, 0.05) is 11.8 Å². The molecule has 4 heteroatoms. The largest absolute Gasteiger partial charge is 0.308 e. The highest BCUT2D eigenvalue weighted by Crippen LogP contribution is 2.28. The Kier molecular flexibility index (Phi) is 4.32. The van der Waals surface area contributed by atoms with E-state index in [1.54, 1.807) is 12.1 Å². The zero-order valence-corrected chi connectivity index (χ0v) is 12.8. The Hall–Kier alpha value is -1.26. The summed E-state index contributed by atoms with van der Waals surface area (Å²) in [5.41, 5.74) is 3.60. The van der Waals surface area contributed by atoms with Gasteiger partial charge in [-0.2, -0.15) is 0 Å². The SMILES string of the molecule is CNC(c1cccc(Br)c1F)c1ncc(C)cc1C. The van der Waals surface area contributed by atoms with Crippen molar-refractivity contribution in [2.45, 2.75) is 19.9 Å². The van der Waals surface area contributed by atoms with Crippen LogP contribution in [0.25, 0.3) is 0 Å². The zero-order chi connectivity index (χ0) is 14.0. The van der Waals surface area contributed by atoms with Crippen LogP contribution in [0.2, 0.25) is 0 Å². The minimum atomic E-state index is -0.252. The van der Waals surface area contributed by atoms with Gasteiger partial charge in [-0.3, -0.25) is 4.98 Å². The Balaban J connectivity index is 2.53. The molecule has 0 amide bonds. The van der Waals surface area contributed by atoms with Gasteiger partial charge in [-0.15, -0.1) is 0 Å². The summed E-state index contributed by atoms with van der Waals surface area (Å²) in [7, 11) is 1.81. The van der Waals surface area contributed by atoms with Crippen LogP contribution in [-0.4, -0.2) is 12.0 Å². The van der Waals surface area contributed by atoms with Crippen molar-refractivity contribution in [3.05, 3.63) is 63.1 Å². The van der Waals surface area contributed by atoms with Crippen LogP contribution in [0.4, 0.5) is 4.39 Å². The Morgan fingerprint density at radius 3 is 2.68 bits per heavy atom. The molecule has 1 N–H and O–H groups in total. The molecule has 0 radical (unpaired) electrons. The molecule has 19 heavy (non-hydrogen) atoms. The lowest BCUT2D eigenvalue weighted by Gasteiger charge is -2.19. The summed E-state index contributed by atoms with van der Waals surface area (Å²) >= 11 is 3.22. The molecule has 0 spiro atoms. The summed E-state index contributed by atoms with van der Waals surface area (Å²) in [5.74, 6) is -0.247. The predicted molar refractivity (Wildman–Crippen MR) is 78.7 cm³/mol. The predicted octanol–water partition coefficient (Wildman–Crippen LogP) is 3.91. The molecular weight excluding hydrogens is 307 g/mol. The first kappa shape index (κ1) is 14.2. The second kappa shape index (κ2) is 5.80. The minimum absolute atomic E-state index is 0.247. The van der Waals surface area contributed by atoms with E-state index in [9.17, 15) is 4.39 Å². The van der Waals surface area contributed by atoms with E-state index in [0.29, 0.717) is 10.0 Å². The summed E-state index contributed by atoms with van der Waals surface area (Å²) in [6.45, 7) is 3.99. The molecule has 0 aliphatic heterocycles. The van der Waals surface area contributed by atoms with Gasteiger partial charge in [0.25, 0.3) is 0 Å². The molecule has 2 aromatic rings. The Morgan fingerprint density at radius 1 is 1.32 bits per heavy atom. The molecule has 0 bridgehead atoms. The maximum absolute atomic E-state index is 14.2. The zero-order valence-electron chi connectivity index (χ0n) is 11.2. The minimum Gasteiger partial charge on any atom is -0.308 e. The number of aromatic nitrogens is 1.